The molecule has 0 amide bonds. The van der Waals surface area contributed by atoms with Gasteiger partial charge in [0.1, 0.15) is 0 Å². The highest BCUT2D eigenvalue weighted by Gasteiger charge is 2.40. The monoisotopic (exact) mass is 254 g/mol. The lowest BCUT2D eigenvalue weighted by atomic mass is 9.98. The molecule has 4 rings (SSSR count). The molecule has 2 fully saturated rings. The summed E-state index contributed by atoms with van der Waals surface area (Å²) in [7, 11) is 0. The summed E-state index contributed by atoms with van der Waals surface area (Å²) in [6.45, 7) is 2.23. The molecule has 0 radical (unpaired) electrons. The second-order valence-corrected chi connectivity index (χ2v) is 6.37. The first-order valence-corrected chi connectivity index (χ1v) is 7.67. The third-order valence-corrected chi connectivity index (χ3v) is 4.78. The van der Waals surface area contributed by atoms with E-state index in [0.717, 1.165) is 24.3 Å². The maximum atomic E-state index is 3.69. The zero-order valence-electron chi connectivity index (χ0n) is 11.4. The molecule has 0 aliphatic heterocycles. The third-order valence-electron chi connectivity index (χ3n) is 4.78. The van der Waals surface area contributed by atoms with Crippen molar-refractivity contribution in [1.82, 2.24) is 10.3 Å². The van der Waals surface area contributed by atoms with E-state index >= 15 is 0 Å². The van der Waals surface area contributed by atoms with Crippen LogP contribution >= 0.6 is 0 Å². The van der Waals surface area contributed by atoms with Crippen molar-refractivity contribution in [3.05, 3.63) is 36.0 Å². The predicted molar refractivity (Wildman–Crippen MR) is 78.9 cm³/mol. The summed E-state index contributed by atoms with van der Waals surface area (Å²) in [5, 5.41) is 4.99. The van der Waals surface area contributed by atoms with Crippen LogP contribution in [0.5, 0.6) is 0 Å². The molecule has 0 spiro atoms. The van der Waals surface area contributed by atoms with Gasteiger partial charge in [-0.25, -0.2) is 0 Å². The molecule has 2 N–H and O–H groups in total. The molecule has 1 aromatic carbocycles. The van der Waals surface area contributed by atoms with Crippen LogP contribution in [0.2, 0.25) is 0 Å². The highest BCUT2D eigenvalue weighted by Crippen LogP contribution is 2.48. The van der Waals surface area contributed by atoms with Crippen molar-refractivity contribution >= 4 is 10.9 Å². The average Bonchev–Trinajstić information content (AvgIpc) is 3.33. The molecule has 1 heterocycles. The molecule has 0 saturated heterocycles. The van der Waals surface area contributed by atoms with Gasteiger partial charge in [0.05, 0.1) is 0 Å². The van der Waals surface area contributed by atoms with Crippen LogP contribution in [-0.4, -0.2) is 11.5 Å². The number of benzene rings is 1. The molecule has 0 unspecified atom stereocenters. The Hall–Kier alpha value is -1.28. The molecular formula is C17H22N2. The van der Waals surface area contributed by atoms with Crippen LogP contribution in [0.4, 0.5) is 0 Å². The molecule has 2 saturated carbocycles. The highest BCUT2D eigenvalue weighted by atomic mass is 14.9. The fourth-order valence-electron chi connectivity index (χ4n) is 3.36. The van der Waals surface area contributed by atoms with Crippen LogP contribution in [0.3, 0.4) is 0 Å². The SMILES string of the molecule is c1cc2ccc(CNCC(C3CC3)C3CC3)cc2[nH]1. The molecule has 1 aromatic heterocycles. The number of hydrogen-bond donors (Lipinski definition) is 2. The van der Waals surface area contributed by atoms with Crippen molar-refractivity contribution in [2.75, 3.05) is 6.54 Å². The third kappa shape index (κ3) is 2.55. The van der Waals surface area contributed by atoms with E-state index in [1.807, 2.05) is 6.20 Å². The summed E-state index contributed by atoms with van der Waals surface area (Å²) >= 11 is 0. The number of hydrogen-bond acceptors (Lipinski definition) is 1. The topological polar surface area (TPSA) is 27.8 Å². The van der Waals surface area contributed by atoms with Gasteiger partial charge in [-0.15, -0.1) is 0 Å². The average molecular weight is 254 g/mol. The number of rotatable bonds is 6. The lowest BCUT2D eigenvalue weighted by molar-refractivity contribution is 0.378. The van der Waals surface area contributed by atoms with Gasteiger partial charge in [-0.1, -0.05) is 12.1 Å². The molecule has 0 bridgehead atoms. The fraction of sp³-hybridized carbons (Fsp3) is 0.529. The zero-order valence-corrected chi connectivity index (χ0v) is 11.4. The number of aromatic amines is 1. The molecule has 2 heteroatoms. The lowest BCUT2D eigenvalue weighted by Gasteiger charge is -2.16. The van der Waals surface area contributed by atoms with Crippen LogP contribution in [0.1, 0.15) is 31.2 Å². The first-order chi connectivity index (χ1) is 9.40. The van der Waals surface area contributed by atoms with Crippen LogP contribution < -0.4 is 5.32 Å². The van der Waals surface area contributed by atoms with Gasteiger partial charge in [0.15, 0.2) is 0 Å². The van der Waals surface area contributed by atoms with Crippen molar-refractivity contribution in [1.29, 1.82) is 0 Å². The summed E-state index contributed by atoms with van der Waals surface area (Å²) in [5.74, 6) is 3.06. The Balaban J connectivity index is 1.35. The van der Waals surface area contributed by atoms with Crippen molar-refractivity contribution in [3.8, 4) is 0 Å². The summed E-state index contributed by atoms with van der Waals surface area (Å²) < 4.78 is 0. The summed E-state index contributed by atoms with van der Waals surface area (Å²) in [5.41, 5.74) is 2.64. The Morgan fingerprint density at radius 2 is 1.89 bits per heavy atom. The maximum absolute atomic E-state index is 3.69. The minimum Gasteiger partial charge on any atom is -0.361 e. The largest absolute Gasteiger partial charge is 0.361 e. The van der Waals surface area contributed by atoms with E-state index in [9.17, 15) is 0 Å². The Morgan fingerprint density at radius 1 is 1.11 bits per heavy atom. The lowest BCUT2D eigenvalue weighted by Crippen LogP contribution is -2.25. The molecule has 0 atom stereocenters. The smallest absolute Gasteiger partial charge is 0.0457 e. The van der Waals surface area contributed by atoms with E-state index in [1.165, 1.54) is 48.7 Å². The Kier molecular flexibility index (Phi) is 2.84. The van der Waals surface area contributed by atoms with Gasteiger partial charge < -0.3 is 10.3 Å². The van der Waals surface area contributed by atoms with E-state index in [-0.39, 0.29) is 0 Å². The number of nitrogens with one attached hydrogen (secondary N) is 2. The van der Waals surface area contributed by atoms with Crippen LogP contribution in [-0.2, 0) is 6.54 Å². The predicted octanol–water partition coefficient (Wildman–Crippen LogP) is 3.69. The van der Waals surface area contributed by atoms with E-state index in [4.69, 9.17) is 0 Å². The summed E-state index contributed by atoms with van der Waals surface area (Å²) in [4.78, 5) is 3.29. The molecule has 2 nitrogen and oxygen atoms in total. The quantitative estimate of drug-likeness (QED) is 0.808. The fourth-order valence-corrected chi connectivity index (χ4v) is 3.36. The van der Waals surface area contributed by atoms with Crippen molar-refractivity contribution in [2.24, 2.45) is 17.8 Å². The minimum atomic E-state index is 0.967. The van der Waals surface area contributed by atoms with Crippen LogP contribution in [0.15, 0.2) is 30.5 Å². The van der Waals surface area contributed by atoms with Gasteiger partial charge in [-0.2, -0.15) is 0 Å². The number of fused-ring (bicyclic) bond motifs is 1. The number of aromatic nitrogens is 1. The molecule has 2 aliphatic carbocycles. The van der Waals surface area contributed by atoms with Gasteiger partial charge in [-0.3, -0.25) is 0 Å². The normalized spacial score (nSPS) is 19.4. The van der Waals surface area contributed by atoms with Gasteiger partial charge in [0.2, 0.25) is 0 Å². The standard InChI is InChI=1S/C17H22N2/c1-2-15-7-8-19-17(15)9-12(1)10-18-11-16(13-3-4-13)14-5-6-14/h1-2,7-9,13-14,16,18-19H,3-6,10-11H2. The molecule has 19 heavy (non-hydrogen) atoms. The van der Waals surface area contributed by atoms with E-state index < -0.39 is 0 Å². The zero-order chi connectivity index (χ0) is 12.7. The van der Waals surface area contributed by atoms with Gasteiger partial charge in [-0.05, 0) is 73.1 Å². The van der Waals surface area contributed by atoms with E-state index in [1.54, 1.807) is 0 Å². The van der Waals surface area contributed by atoms with Crippen molar-refractivity contribution in [3.63, 3.8) is 0 Å². The molecule has 100 valence electrons. The van der Waals surface area contributed by atoms with Crippen LogP contribution in [0, 0.1) is 17.8 Å². The first kappa shape index (κ1) is 11.5. The van der Waals surface area contributed by atoms with Crippen molar-refractivity contribution in [2.45, 2.75) is 32.2 Å². The second kappa shape index (κ2) is 4.68. The first-order valence-electron chi connectivity index (χ1n) is 7.67. The van der Waals surface area contributed by atoms with Gasteiger partial charge in [0.25, 0.3) is 0 Å². The maximum Gasteiger partial charge on any atom is 0.0457 e. The Labute approximate surface area is 114 Å². The molecule has 2 aliphatic rings. The molecular weight excluding hydrogens is 232 g/mol. The van der Waals surface area contributed by atoms with E-state index in [0.29, 0.717) is 0 Å². The van der Waals surface area contributed by atoms with Crippen molar-refractivity contribution < 1.29 is 0 Å². The summed E-state index contributed by atoms with van der Waals surface area (Å²) in [6, 6.07) is 8.85. The molecule has 2 aromatic rings. The summed E-state index contributed by atoms with van der Waals surface area (Å²) in [6.07, 6.45) is 7.95. The Morgan fingerprint density at radius 3 is 2.63 bits per heavy atom. The second-order valence-electron chi connectivity index (χ2n) is 6.37. The number of H-pyrrole nitrogens is 1. The van der Waals surface area contributed by atoms with Gasteiger partial charge in [0, 0.05) is 18.3 Å². The van der Waals surface area contributed by atoms with E-state index in [2.05, 4.69) is 34.6 Å². The Bertz CT molecular complexity index is 551. The van der Waals surface area contributed by atoms with Gasteiger partial charge >= 0.3 is 0 Å². The van der Waals surface area contributed by atoms with Crippen LogP contribution in [0.25, 0.3) is 10.9 Å². The minimum absolute atomic E-state index is 0.967. The highest BCUT2D eigenvalue weighted by molar-refractivity contribution is 5.79.